The summed E-state index contributed by atoms with van der Waals surface area (Å²) in [5.41, 5.74) is 5.90. The summed E-state index contributed by atoms with van der Waals surface area (Å²) in [4.78, 5) is 11.1. The predicted molar refractivity (Wildman–Crippen MR) is 54.9 cm³/mol. The largest absolute Gasteiger partial charge is 0.367 e. The monoisotopic (exact) mass is 200 g/mol. The van der Waals surface area contributed by atoms with E-state index in [0.717, 1.165) is 12.8 Å². The summed E-state index contributed by atoms with van der Waals surface area (Å²) in [5.74, 6) is -0.0911. The summed E-state index contributed by atoms with van der Waals surface area (Å²) in [5, 5.41) is 2.55. The van der Waals surface area contributed by atoms with Gasteiger partial charge in [0, 0.05) is 12.6 Å². The molecule has 0 spiro atoms. The topological polar surface area (TPSA) is 64.3 Å². The van der Waals surface area contributed by atoms with Gasteiger partial charge in [-0.1, -0.05) is 12.8 Å². The number of carbonyl (C=O) groups excluding carboxylic acids is 1. The summed E-state index contributed by atoms with van der Waals surface area (Å²) in [6.07, 6.45) is 3.96. The molecule has 0 aliphatic heterocycles. The minimum absolute atomic E-state index is 0.0911. The Kier molecular flexibility index (Phi) is 3.89. The molecule has 1 aliphatic carbocycles. The molecule has 4 heteroatoms. The zero-order chi connectivity index (χ0) is 10.6. The van der Waals surface area contributed by atoms with Crippen molar-refractivity contribution in [2.24, 2.45) is 5.73 Å². The summed E-state index contributed by atoms with van der Waals surface area (Å²) in [6.45, 7) is 2.23. The molecule has 0 aromatic heterocycles. The number of amides is 1. The lowest BCUT2D eigenvalue weighted by Crippen LogP contribution is -2.44. The van der Waals surface area contributed by atoms with Gasteiger partial charge < -0.3 is 15.8 Å². The Labute approximate surface area is 85.2 Å². The number of nitrogens with one attached hydrogen (secondary N) is 1. The summed E-state index contributed by atoms with van der Waals surface area (Å²) >= 11 is 0. The van der Waals surface area contributed by atoms with Crippen molar-refractivity contribution in [2.75, 3.05) is 13.7 Å². The lowest BCUT2D eigenvalue weighted by Gasteiger charge is -2.24. The molecular weight excluding hydrogens is 180 g/mol. The third-order valence-corrected chi connectivity index (χ3v) is 2.84. The van der Waals surface area contributed by atoms with E-state index < -0.39 is 6.10 Å². The van der Waals surface area contributed by atoms with Crippen molar-refractivity contribution in [1.82, 2.24) is 5.32 Å². The fourth-order valence-corrected chi connectivity index (χ4v) is 1.79. The van der Waals surface area contributed by atoms with Crippen LogP contribution in [0.1, 0.15) is 32.6 Å². The van der Waals surface area contributed by atoms with Crippen LogP contribution in [0.4, 0.5) is 0 Å². The van der Waals surface area contributed by atoms with Gasteiger partial charge in [-0.3, -0.25) is 4.79 Å². The number of nitrogens with two attached hydrogens (primary N) is 1. The van der Waals surface area contributed by atoms with Crippen molar-refractivity contribution in [1.29, 1.82) is 0 Å². The smallest absolute Gasteiger partial charge is 0.248 e. The van der Waals surface area contributed by atoms with Gasteiger partial charge in [0.05, 0.1) is 6.61 Å². The molecule has 0 heterocycles. The highest BCUT2D eigenvalue weighted by Crippen LogP contribution is 2.27. The highest BCUT2D eigenvalue weighted by molar-refractivity contribution is 5.79. The minimum atomic E-state index is -0.402. The van der Waals surface area contributed by atoms with Crippen LogP contribution in [0.25, 0.3) is 0 Å². The molecule has 82 valence electrons. The average molecular weight is 200 g/mol. The van der Waals surface area contributed by atoms with Gasteiger partial charge in [-0.05, 0) is 19.8 Å². The summed E-state index contributed by atoms with van der Waals surface area (Å²) in [7, 11) is 1.61. The fourth-order valence-electron chi connectivity index (χ4n) is 1.79. The van der Waals surface area contributed by atoms with E-state index in [4.69, 9.17) is 10.5 Å². The van der Waals surface area contributed by atoms with E-state index >= 15 is 0 Å². The van der Waals surface area contributed by atoms with Crippen molar-refractivity contribution in [3.8, 4) is 0 Å². The lowest BCUT2D eigenvalue weighted by molar-refractivity contribution is -0.132. The second kappa shape index (κ2) is 4.75. The van der Waals surface area contributed by atoms with Crippen LogP contribution < -0.4 is 11.1 Å². The van der Waals surface area contributed by atoms with Gasteiger partial charge in [0.2, 0.25) is 5.91 Å². The maximum absolute atomic E-state index is 11.1. The van der Waals surface area contributed by atoms with Crippen LogP contribution in [0.5, 0.6) is 0 Å². The van der Waals surface area contributed by atoms with Crippen LogP contribution in [0.2, 0.25) is 0 Å². The van der Waals surface area contributed by atoms with Crippen LogP contribution in [-0.2, 0) is 9.53 Å². The predicted octanol–water partition coefficient (Wildman–Crippen LogP) is 0.409. The van der Waals surface area contributed by atoms with Crippen LogP contribution in [0.15, 0.2) is 0 Å². The van der Waals surface area contributed by atoms with E-state index in [1.54, 1.807) is 14.0 Å². The number of rotatable bonds is 4. The minimum Gasteiger partial charge on any atom is -0.367 e. The summed E-state index contributed by atoms with van der Waals surface area (Å²) in [6, 6.07) is 0. The maximum Gasteiger partial charge on any atom is 0.248 e. The average Bonchev–Trinajstić information content (AvgIpc) is 2.61. The zero-order valence-electron chi connectivity index (χ0n) is 9.01. The molecular formula is C10H20N2O2. The second-order valence-corrected chi connectivity index (χ2v) is 4.14. The Morgan fingerprint density at radius 3 is 2.64 bits per heavy atom. The highest BCUT2D eigenvalue weighted by Gasteiger charge is 2.30. The van der Waals surface area contributed by atoms with Crippen LogP contribution in [0.3, 0.4) is 0 Å². The van der Waals surface area contributed by atoms with Gasteiger partial charge in [-0.25, -0.2) is 0 Å². The Bertz CT molecular complexity index is 200. The molecule has 1 rings (SSSR count). The SMILES string of the molecule is CNC(=O)C(C)OCC1(N)CCCC1. The van der Waals surface area contributed by atoms with Crippen LogP contribution in [0, 0.1) is 0 Å². The lowest BCUT2D eigenvalue weighted by atomic mass is 10.0. The highest BCUT2D eigenvalue weighted by atomic mass is 16.5. The van der Waals surface area contributed by atoms with Crippen LogP contribution in [-0.4, -0.2) is 31.2 Å². The number of carbonyl (C=O) groups is 1. The first-order valence-corrected chi connectivity index (χ1v) is 5.19. The molecule has 1 aliphatic rings. The molecule has 0 aromatic carbocycles. The Morgan fingerprint density at radius 2 is 2.14 bits per heavy atom. The zero-order valence-corrected chi connectivity index (χ0v) is 9.01. The molecule has 1 fully saturated rings. The van der Waals surface area contributed by atoms with E-state index in [1.807, 2.05) is 0 Å². The van der Waals surface area contributed by atoms with E-state index in [1.165, 1.54) is 12.8 Å². The fraction of sp³-hybridized carbons (Fsp3) is 0.900. The third-order valence-electron chi connectivity index (χ3n) is 2.84. The Balaban J connectivity index is 2.28. The van der Waals surface area contributed by atoms with Gasteiger partial charge in [0.1, 0.15) is 6.10 Å². The summed E-state index contributed by atoms with van der Waals surface area (Å²) < 4.78 is 5.44. The van der Waals surface area contributed by atoms with Gasteiger partial charge in [0.15, 0.2) is 0 Å². The molecule has 0 aromatic rings. The third kappa shape index (κ3) is 2.96. The van der Waals surface area contributed by atoms with Crippen molar-refractivity contribution >= 4 is 5.91 Å². The van der Waals surface area contributed by atoms with Gasteiger partial charge in [-0.2, -0.15) is 0 Å². The molecule has 0 bridgehead atoms. The van der Waals surface area contributed by atoms with E-state index in [9.17, 15) is 4.79 Å². The van der Waals surface area contributed by atoms with E-state index in [0.29, 0.717) is 6.61 Å². The first-order valence-electron chi connectivity index (χ1n) is 5.19. The molecule has 1 atom stereocenters. The van der Waals surface area contributed by atoms with Gasteiger partial charge >= 0.3 is 0 Å². The molecule has 1 unspecified atom stereocenters. The maximum atomic E-state index is 11.1. The first kappa shape index (κ1) is 11.5. The quantitative estimate of drug-likeness (QED) is 0.691. The van der Waals surface area contributed by atoms with Crippen molar-refractivity contribution in [3.63, 3.8) is 0 Å². The molecule has 0 radical (unpaired) electrons. The Morgan fingerprint density at radius 1 is 1.57 bits per heavy atom. The number of hydrogen-bond acceptors (Lipinski definition) is 3. The van der Waals surface area contributed by atoms with Gasteiger partial charge in [0.25, 0.3) is 0 Å². The standard InChI is InChI=1S/C10H20N2O2/c1-8(9(13)12-2)14-7-10(11)5-3-4-6-10/h8H,3-7,11H2,1-2H3,(H,12,13). The molecule has 3 N–H and O–H groups in total. The van der Waals surface area contributed by atoms with Gasteiger partial charge in [-0.15, -0.1) is 0 Å². The molecule has 1 saturated carbocycles. The van der Waals surface area contributed by atoms with Crippen molar-refractivity contribution < 1.29 is 9.53 Å². The molecule has 0 saturated heterocycles. The number of hydrogen-bond donors (Lipinski definition) is 2. The molecule has 14 heavy (non-hydrogen) atoms. The first-order chi connectivity index (χ1) is 6.57. The van der Waals surface area contributed by atoms with Crippen LogP contribution >= 0.6 is 0 Å². The van der Waals surface area contributed by atoms with E-state index in [-0.39, 0.29) is 11.4 Å². The number of likely N-dealkylation sites (N-methyl/N-ethyl adjacent to an activating group) is 1. The molecule has 1 amide bonds. The normalized spacial score (nSPS) is 21.9. The van der Waals surface area contributed by atoms with Crippen molar-refractivity contribution in [3.05, 3.63) is 0 Å². The van der Waals surface area contributed by atoms with Crippen molar-refractivity contribution in [2.45, 2.75) is 44.2 Å². The molecule has 4 nitrogen and oxygen atoms in total. The number of ether oxygens (including phenoxy) is 1. The Hall–Kier alpha value is -0.610. The van der Waals surface area contributed by atoms with E-state index in [2.05, 4.69) is 5.32 Å². The second-order valence-electron chi connectivity index (χ2n) is 4.14.